The first kappa shape index (κ1) is 18.6. The van der Waals surface area contributed by atoms with Crippen LogP contribution in [0.15, 0.2) is 35.0 Å². The van der Waals surface area contributed by atoms with Crippen molar-refractivity contribution >= 4 is 16.9 Å². The number of benzene rings is 1. The van der Waals surface area contributed by atoms with Gasteiger partial charge < -0.3 is 18.6 Å². The van der Waals surface area contributed by atoms with Crippen molar-refractivity contribution in [2.45, 2.75) is 45.6 Å². The predicted octanol–water partition coefficient (Wildman–Crippen LogP) is 4.55. The number of hydrogen-bond acceptors (Lipinski definition) is 4. The molecule has 3 aromatic rings. The van der Waals surface area contributed by atoms with Gasteiger partial charge in [0, 0.05) is 54.5 Å². The highest BCUT2D eigenvalue weighted by Gasteiger charge is 2.30. The third-order valence-corrected chi connectivity index (χ3v) is 5.74. The number of aryl methyl sites for hydroxylation is 1. The summed E-state index contributed by atoms with van der Waals surface area (Å²) < 4.78 is 13.4. The van der Waals surface area contributed by atoms with E-state index in [1.807, 2.05) is 42.4 Å². The lowest BCUT2D eigenvalue weighted by molar-refractivity contribution is 0.0679. The fourth-order valence-electron chi connectivity index (χ4n) is 4.10. The summed E-state index contributed by atoms with van der Waals surface area (Å²) in [5.74, 6) is 2.65. The Morgan fingerprint density at radius 3 is 2.71 bits per heavy atom. The fourth-order valence-corrected chi connectivity index (χ4v) is 4.10. The van der Waals surface area contributed by atoms with E-state index >= 15 is 0 Å². The predicted molar refractivity (Wildman–Crippen MR) is 108 cm³/mol. The van der Waals surface area contributed by atoms with Crippen molar-refractivity contribution in [2.75, 3.05) is 20.2 Å². The van der Waals surface area contributed by atoms with E-state index in [1.165, 1.54) is 0 Å². The molecule has 0 saturated carbocycles. The van der Waals surface area contributed by atoms with Crippen LogP contribution in [-0.4, -0.2) is 40.6 Å². The van der Waals surface area contributed by atoms with Gasteiger partial charge in [0.15, 0.2) is 5.76 Å². The molecule has 1 aliphatic heterocycles. The fraction of sp³-hybridized carbons (Fsp3) is 0.455. The first-order valence-electron chi connectivity index (χ1n) is 9.88. The number of furan rings is 1. The average Bonchev–Trinajstić information content (AvgIpc) is 3.32. The summed E-state index contributed by atoms with van der Waals surface area (Å²) >= 11 is 0. The Balaban J connectivity index is 1.50. The van der Waals surface area contributed by atoms with E-state index < -0.39 is 0 Å². The molecule has 3 heterocycles. The lowest BCUT2D eigenvalue weighted by Crippen LogP contribution is -2.38. The lowest BCUT2D eigenvalue weighted by Gasteiger charge is -2.32. The van der Waals surface area contributed by atoms with E-state index in [4.69, 9.17) is 9.15 Å². The molecule has 0 spiro atoms. The van der Waals surface area contributed by atoms with Crippen LogP contribution < -0.4 is 4.74 Å². The van der Waals surface area contributed by atoms with E-state index in [0.29, 0.717) is 36.4 Å². The number of rotatable bonds is 4. The minimum Gasteiger partial charge on any atom is -0.497 e. The smallest absolute Gasteiger partial charge is 0.289 e. The van der Waals surface area contributed by atoms with Gasteiger partial charge in [0.05, 0.1) is 7.11 Å². The van der Waals surface area contributed by atoms with E-state index in [1.54, 1.807) is 7.11 Å². The third kappa shape index (κ3) is 3.17. The number of ether oxygens (including phenoxy) is 1. The van der Waals surface area contributed by atoms with Crippen LogP contribution in [0.2, 0.25) is 0 Å². The molecule has 148 valence electrons. The molecule has 28 heavy (non-hydrogen) atoms. The maximum absolute atomic E-state index is 13.1. The molecule has 0 radical (unpaired) electrons. The average molecular weight is 381 g/mol. The summed E-state index contributed by atoms with van der Waals surface area (Å²) in [6.07, 6.45) is 5.76. The Kier molecular flexibility index (Phi) is 4.87. The first-order chi connectivity index (χ1) is 13.5. The molecular formula is C22H27N3O3. The lowest BCUT2D eigenvalue weighted by atomic mass is 9.95. The van der Waals surface area contributed by atoms with Gasteiger partial charge in [-0.3, -0.25) is 4.79 Å². The van der Waals surface area contributed by atoms with Gasteiger partial charge in [0.2, 0.25) is 0 Å². The molecule has 1 amide bonds. The van der Waals surface area contributed by atoms with Gasteiger partial charge in [-0.2, -0.15) is 0 Å². The summed E-state index contributed by atoms with van der Waals surface area (Å²) in [6, 6.07) is 6.06. The van der Waals surface area contributed by atoms with E-state index in [-0.39, 0.29) is 5.91 Å². The summed E-state index contributed by atoms with van der Waals surface area (Å²) in [5.41, 5.74) is 1.58. The number of aromatic nitrogens is 2. The van der Waals surface area contributed by atoms with Gasteiger partial charge in [-0.25, -0.2) is 4.98 Å². The second-order valence-electron chi connectivity index (χ2n) is 7.77. The van der Waals surface area contributed by atoms with Gasteiger partial charge in [-0.1, -0.05) is 0 Å². The summed E-state index contributed by atoms with van der Waals surface area (Å²) in [5, 5.41) is 0.956. The van der Waals surface area contributed by atoms with Crippen LogP contribution in [0, 0.1) is 6.92 Å². The zero-order valence-electron chi connectivity index (χ0n) is 16.9. The highest BCUT2D eigenvalue weighted by atomic mass is 16.5. The summed E-state index contributed by atoms with van der Waals surface area (Å²) in [6.45, 7) is 7.71. The number of likely N-dealkylation sites (tertiary alicyclic amines) is 1. The first-order valence-corrected chi connectivity index (χ1v) is 9.88. The van der Waals surface area contributed by atoms with Crippen molar-refractivity contribution in [1.82, 2.24) is 14.5 Å². The van der Waals surface area contributed by atoms with Gasteiger partial charge in [0.25, 0.3) is 5.91 Å². The highest BCUT2D eigenvalue weighted by molar-refractivity contribution is 5.99. The summed E-state index contributed by atoms with van der Waals surface area (Å²) in [7, 11) is 1.62. The number of carbonyl (C=O) groups is 1. The number of hydrogen-bond donors (Lipinski definition) is 0. The van der Waals surface area contributed by atoms with E-state index in [0.717, 1.165) is 35.4 Å². The second kappa shape index (κ2) is 7.34. The third-order valence-electron chi connectivity index (χ3n) is 5.74. The standard InChI is InChI=1S/C22H27N3O3/c1-14(2)25-12-9-23-21(25)16-7-10-24(11-8-16)22(26)20-15(3)18-6-5-17(27-4)13-19(18)28-20/h5-6,9,12-14,16H,7-8,10-11H2,1-4H3. The molecule has 0 aliphatic carbocycles. The zero-order valence-corrected chi connectivity index (χ0v) is 16.9. The Hall–Kier alpha value is -2.76. The van der Waals surface area contributed by atoms with Crippen molar-refractivity contribution in [1.29, 1.82) is 0 Å². The quantitative estimate of drug-likeness (QED) is 0.665. The molecule has 6 heteroatoms. The zero-order chi connectivity index (χ0) is 19.8. The van der Waals surface area contributed by atoms with Crippen LogP contribution in [0.25, 0.3) is 11.0 Å². The minimum atomic E-state index is -0.0293. The number of nitrogens with zero attached hydrogens (tertiary/aromatic N) is 3. The maximum atomic E-state index is 13.1. The number of amides is 1. The van der Waals surface area contributed by atoms with E-state index in [2.05, 4.69) is 23.4 Å². The molecule has 0 unspecified atom stereocenters. The van der Waals surface area contributed by atoms with Crippen LogP contribution in [0.1, 0.15) is 60.6 Å². The largest absolute Gasteiger partial charge is 0.497 e. The van der Waals surface area contributed by atoms with Crippen molar-refractivity contribution in [3.05, 3.63) is 47.7 Å². The number of fused-ring (bicyclic) bond motifs is 1. The highest BCUT2D eigenvalue weighted by Crippen LogP contribution is 2.32. The number of piperidine rings is 1. The molecule has 6 nitrogen and oxygen atoms in total. The number of imidazole rings is 1. The Morgan fingerprint density at radius 2 is 2.04 bits per heavy atom. The topological polar surface area (TPSA) is 60.5 Å². The number of carbonyl (C=O) groups excluding carboxylic acids is 1. The molecule has 1 fully saturated rings. The number of methoxy groups -OCH3 is 1. The van der Waals surface area contributed by atoms with Crippen molar-refractivity contribution in [2.24, 2.45) is 0 Å². The van der Waals surface area contributed by atoms with Gasteiger partial charge in [-0.15, -0.1) is 0 Å². The molecule has 1 saturated heterocycles. The SMILES string of the molecule is COc1ccc2c(C)c(C(=O)N3CCC(c4nccn4C(C)C)CC3)oc2c1. The Labute approximate surface area is 165 Å². The molecule has 0 bridgehead atoms. The molecule has 1 aromatic carbocycles. The Morgan fingerprint density at radius 1 is 1.29 bits per heavy atom. The second-order valence-corrected chi connectivity index (χ2v) is 7.77. The molecule has 0 atom stereocenters. The van der Waals surface area contributed by atoms with Crippen molar-refractivity contribution < 1.29 is 13.9 Å². The van der Waals surface area contributed by atoms with Crippen LogP contribution in [-0.2, 0) is 0 Å². The summed E-state index contributed by atoms with van der Waals surface area (Å²) in [4.78, 5) is 19.6. The van der Waals surface area contributed by atoms with Crippen LogP contribution in [0.3, 0.4) is 0 Å². The van der Waals surface area contributed by atoms with Crippen LogP contribution in [0.4, 0.5) is 0 Å². The minimum absolute atomic E-state index is 0.0293. The van der Waals surface area contributed by atoms with Gasteiger partial charge in [0.1, 0.15) is 17.2 Å². The molecule has 0 N–H and O–H groups in total. The van der Waals surface area contributed by atoms with Crippen molar-refractivity contribution in [3.63, 3.8) is 0 Å². The molecule has 4 rings (SSSR count). The van der Waals surface area contributed by atoms with E-state index in [9.17, 15) is 4.79 Å². The molecule has 1 aliphatic rings. The monoisotopic (exact) mass is 381 g/mol. The van der Waals surface area contributed by atoms with Crippen molar-refractivity contribution in [3.8, 4) is 5.75 Å². The Bertz CT molecular complexity index is 994. The molecular weight excluding hydrogens is 354 g/mol. The van der Waals surface area contributed by atoms with Crippen LogP contribution in [0.5, 0.6) is 5.75 Å². The molecule has 2 aromatic heterocycles. The van der Waals surface area contributed by atoms with Gasteiger partial charge in [-0.05, 0) is 45.7 Å². The normalized spacial score (nSPS) is 15.5. The maximum Gasteiger partial charge on any atom is 0.289 e. The van der Waals surface area contributed by atoms with Crippen LogP contribution >= 0.6 is 0 Å². The van der Waals surface area contributed by atoms with Gasteiger partial charge >= 0.3 is 0 Å².